The van der Waals surface area contributed by atoms with Crippen molar-refractivity contribution >= 4 is 8.32 Å². The lowest BCUT2D eigenvalue weighted by Crippen LogP contribution is -2.46. The van der Waals surface area contributed by atoms with Crippen LogP contribution in [0, 0.1) is 0 Å². The van der Waals surface area contributed by atoms with Crippen molar-refractivity contribution in [2.75, 3.05) is 0 Å². The topological polar surface area (TPSA) is 38.7 Å². The minimum Gasteiger partial charge on any atom is -0.411 e. The van der Waals surface area contributed by atoms with Crippen molar-refractivity contribution in [2.24, 2.45) is 0 Å². The molecule has 1 N–H and O–H groups in total. The first kappa shape index (κ1) is 26.9. The van der Waals surface area contributed by atoms with Gasteiger partial charge in [-0.25, -0.2) is 0 Å². The van der Waals surface area contributed by atoms with E-state index in [0.29, 0.717) is 0 Å². The average Bonchev–Trinajstić information content (AvgIpc) is 3.02. The fourth-order valence-corrected chi connectivity index (χ4v) is 5.24. The highest BCUT2D eigenvalue weighted by Gasteiger charge is 2.45. The van der Waals surface area contributed by atoms with Gasteiger partial charge in [0.15, 0.2) is 8.32 Å². The molecule has 1 fully saturated rings. The zero-order valence-corrected chi connectivity index (χ0v) is 21.3. The summed E-state index contributed by atoms with van der Waals surface area (Å²) in [6, 6.07) is 0. The number of rotatable bonds is 15. The molecule has 0 aliphatic carbocycles. The van der Waals surface area contributed by atoms with Gasteiger partial charge < -0.3 is 14.3 Å². The number of allylic oxidation sites excluding steroid dienone is 1. The maximum absolute atomic E-state index is 10.8. The summed E-state index contributed by atoms with van der Waals surface area (Å²) in [6.45, 7) is 17.6. The van der Waals surface area contributed by atoms with Gasteiger partial charge in [0.1, 0.15) is 0 Å². The normalized spacial score (nSPS) is 24.0. The van der Waals surface area contributed by atoms with E-state index >= 15 is 0 Å². The standard InChI is InChI=1S/C25H50O3Si/c1-8-10-12-13-14-15-17-18-21(26)23-20-24(22(27-23)19-16-11-9-2)28-29(6,7)25(3,4)5/h8,21-24,26H,1,9-20H2,2-7H3/t21-,22-,23+,24-/m1/s1. The molecule has 0 saturated carbocycles. The lowest BCUT2D eigenvalue weighted by atomic mass is 10.0. The molecule has 4 atom stereocenters. The summed E-state index contributed by atoms with van der Waals surface area (Å²) in [5, 5.41) is 11.0. The molecule has 1 rings (SSSR count). The van der Waals surface area contributed by atoms with Crippen LogP contribution in [-0.4, -0.2) is 37.8 Å². The van der Waals surface area contributed by atoms with Crippen molar-refractivity contribution in [3.8, 4) is 0 Å². The van der Waals surface area contributed by atoms with Crippen LogP contribution in [0.4, 0.5) is 0 Å². The van der Waals surface area contributed by atoms with Crippen LogP contribution in [0.5, 0.6) is 0 Å². The highest BCUT2D eigenvalue weighted by atomic mass is 28.4. The predicted molar refractivity (Wildman–Crippen MR) is 128 cm³/mol. The summed E-state index contributed by atoms with van der Waals surface area (Å²) in [6.07, 6.45) is 15.4. The Morgan fingerprint density at radius 2 is 1.76 bits per heavy atom. The van der Waals surface area contributed by atoms with Gasteiger partial charge in [-0.3, -0.25) is 0 Å². The molecule has 3 nitrogen and oxygen atoms in total. The number of ether oxygens (including phenoxy) is 1. The van der Waals surface area contributed by atoms with E-state index in [2.05, 4.69) is 47.4 Å². The Labute approximate surface area is 182 Å². The number of aliphatic hydroxyl groups excluding tert-OH is 1. The molecule has 0 bridgehead atoms. The molecule has 0 unspecified atom stereocenters. The minimum absolute atomic E-state index is 0.0582. The van der Waals surface area contributed by atoms with Crippen molar-refractivity contribution in [3.05, 3.63) is 12.7 Å². The molecule has 0 spiro atoms. The Balaban J connectivity index is 2.53. The van der Waals surface area contributed by atoms with Gasteiger partial charge in [-0.15, -0.1) is 6.58 Å². The smallest absolute Gasteiger partial charge is 0.192 e. The molecular formula is C25H50O3Si. The van der Waals surface area contributed by atoms with Crippen LogP contribution in [0.15, 0.2) is 12.7 Å². The molecular weight excluding hydrogens is 376 g/mol. The van der Waals surface area contributed by atoms with Gasteiger partial charge in [0, 0.05) is 6.42 Å². The van der Waals surface area contributed by atoms with Crippen molar-refractivity contribution in [1.29, 1.82) is 0 Å². The zero-order valence-electron chi connectivity index (χ0n) is 20.3. The Kier molecular flexibility index (Phi) is 12.3. The van der Waals surface area contributed by atoms with Gasteiger partial charge in [0.25, 0.3) is 0 Å². The summed E-state index contributed by atoms with van der Waals surface area (Å²) in [7, 11) is -1.84. The maximum Gasteiger partial charge on any atom is 0.192 e. The summed E-state index contributed by atoms with van der Waals surface area (Å²) in [4.78, 5) is 0. The van der Waals surface area contributed by atoms with E-state index in [1.807, 2.05) is 6.08 Å². The lowest BCUT2D eigenvalue weighted by Gasteiger charge is -2.39. The Bertz CT molecular complexity index is 444. The first-order valence-corrected chi connectivity index (χ1v) is 15.2. The van der Waals surface area contributed by atoms with Crippen LogP contribution >= 0.6 is 0 Å². The molecule has 1 heterocycles. The van der Waals surface area contributed by atoms with Crippen molar-refractivity contribution in [3.63, 3.8) is 0 Å². The molecule has 1 aliphatic heterocycles. The maximum atomic E-state index is 10.8. The quantitative estimate of drug-likeness (QED) is 0.168. The summed E-state index contributed by atoms with van der Waals surface area (Å²) < 4.78 is 13.1. The van der Waals surface area contributed by atoms with Crippen LogP contribution in [0.1, 0.15) is 105 Å². The molecule has 0 aromatic rings. The second kappa shape index (κ2) is 13.3. The van der Waals surface area contributed by atoms with Crippen LogP contribution < -0.4 is 0 Å². The van der Waals surface area contributed by atoms with Gasteiger partial charge in [-0.1, -0.05) is 78.7 Å². The molecule has 172 valence electrons. The Morgan fingerprint density at radius 1 is 1.10 bits per heavy atom. The Morgan fingerprint density at radius 3 is 2.38 bits per heavy atom. The summed E-state index contributed by atoms with van der Waals surface area (Å²) >= 11 is 0. The highest BCUT2D eigenvalue weighted by Crippen LogP contribution is 2.40. The molecule has 29 heavy (non-hydrogen) atoms. The van der Waals surface area contributed by atoms with Gasteiger partial charge in [0.2, 0.25) is 0 Å². The van der Waals surface area contributed by atoms with Crippen molar-refractivity contribution in [1.82, 2.24) is 0 Å². The minimum atomic E-state index is -1.84. The van der Waals surface area contributed by atoms with Gasteiger partial charge >= 0.3 is 0 Å². The molecule has 0 aromatic carbocycles. The zero-order chi connectivity index (χ0) is 21.9. The average molecular weight is 427 g/mol. The molecule has 4 heteroatoms. The molecule has 0 radical (unpaired) electrons. The first-order valence-electron chi connectivity index (χ1n) is 12.2. The third kappa shape index (κ3) is 9.67. The number of aliphatic hydroxyl groups is 1. The third-order valence-electron chi connectivity index (χ3n) is 6.91. The number of hydrogen-bond acceptors (Lipinski definition) is 3. The highest BCUT2D eigenvalue weighted by molar-refractivity contribution is 6.74. The second-order valence-corrected chi connectivity index (χ2v) is 15.3. The molecule has 1 saturated heterocycles. The van der Waals surface area contributed by atoms with E-state index < -0.39 is 8.32 Å². The lowest BCUT2D eigenvalue weighted by molar-refractivity contribution is -0.0488. The fourth-order valence-electron chi connectivity index (χ4n) is 3.88. The third-order valence-corrected chi connectivity index (χ3v) is 11.4. The number of hydrogen-bond donors (Lipinski definition) is 1. The summed E-state index contributed by atoms with van der Waals surface area (Å²) in [5.41, 5.74) is 0. The summed E-state index contributed by atoms with van der Waals surface area (Å²) in [5.74, 6) is 0. The SMILES string of the molecule is C=CCCCCCCC[C@@H](O)[C@@H]1C[C@@H](O[Si](C)(C)C(C)(C)C)[C@@H](CCCCC)O1. The van der Waals surface area contributed by atoms with Crippen LogP contribution in [0.3, 0.4) is 0 Å². The van der Waals surface area contributed by atoms with E-state index in [4.69, 9.17) is 9.16 Å². The predicted octanol–water partition coefficient (Wildman–Crippen LogP) is 7.39. The largest absolute Gasteiger partial charge is 0.411 e. The van der Waals surface area contributed by atoms with E-state index in [1.54, 1.807) is 0 Å². The van der Waals surface area contributed by atoms with Gasteiger partial charge in [-0.2, -0.15) is 0 Å². The van der Waals surface area contributed by atoms with Crippen molar-refractivity contribution < 1.29 is 14.3 Å². The number of unbranched alkanes of at least 4 members (excludes halogenated alkanes) is 7. The Hall–Kier alpha value is -0.163. The van der Waals surface area contributed by atoms with Crippen LogP contribution in [0.25, 0.3) is 0 Å². The molecule has 1 aliphatic rings. The van der Waals surface area contributed by atoms with Gasteiger partial charge in [-0.05, 0) is 43.8 Å². The monoisotopic (exact) mass is 426 g/mol. The van der Waals surface area contributed by atoms with Crippen LogP contribution in [0.2, 0.25) is 18.1 Å². The van der Waals surface area contributed by atoms with E-state index in [-0.39, 0.29) is 29.5 Å². The van der Waals surface area contributed by atoms with E-state index in [1.165, 1.54) is 44.9 Å². The molecule has 0 aromatic heterocycles. The van der Waals surface area contributed by atoms with Crippen molar-refractivity contribution in [2.45, 2.75) is 147 Å². The van der Waals surface area contributed by atoms with E-state index in [9.17, 15) is 5.11 Å². The van der Waals surface area contributed by atoms with Crippen LogP contribution in [-0.2, 0) is 9.16 Å². The fraction of sp³-hybridized carbons (Fsp3) is 0.920. The molecule has 0 amide bonds. The second-order valence-electron chi connectivity index (χ2n) is 10.6. The first-order chi connectivity index (χ1) is 13.6. The van der Waals surface area contributed by atoms with E-state index in [0.717, 1.165) is 32.1 Å². The van der Waals surface area contributed by atoms with Gasteiger partial charge in [0.05, 0.1) is 24.4 Å².